The van der Waals surface area contributed by atoms with E-state index in [1.54, 1.807) is 17.3 Å². The molecule has 0 fully saturated rings. The number of carbonyl (C=O) groups excluding carboxylic acids is 1. The van der Waals surface area contributed by atoms with E-state index in [4.69, 9.17) is 4.98 Å². The van der Waals surface area contributed by atoms with Crippen molar-refractivity contribution in [2.24, 2.45) is 5.92 Å². The van der Waals surface area contributed by atoms with Crippen molar-refractivity contribution in [2.75, 3.05) is 23.3 Å². The second-order valence-corrected chi connectivity index (χ2v) is 6.66. The van der Waals surface area contributed by atoms with Gasteiger partial charge >= 0.3 is 31.1 Å². The molecular formula is C20H22N6OU. The molecule has 1 aliphatic heterocycles. The maximum Gasteiger partial charge on any atom is 2.00 e. The molecule has 2 N–H and O–H groups in total. The van der Waals surface area contributed by atoms with Gasteiger partial charge in [-0.2, -0.15) is 12.8 Å². The van der Waals surface area contributed by atoms with Gasteiger partial charge in [-0.05, 0) is 18.6 Å². The van der Waals surface area contributed by atoms with Crippen LogP contribution in [0.2, 0.25) is 0 Å². The van der Waals surface area contributed by atoms with E-state index in [1.807, 2.05) is 18.3 Å². The third-order valence-electron chi connectivity index (χ3n) is 5.03. The van der Waals surface area contributed by atoms with Crippen molar-refractivity contribution in [3.63, 3.8) is 0 Å². The van der Waals surface area contributed by atoms with Crippen LogP contribution in [0.4, 0.5) is 11.6 Å². The molecule has 0 unspecified atom stereocenters. The summed E-state index contributed by atoms with van der Waals surface area (Å²) in [5.41, 5.74) is 2.45. The van der Waals surface area contributed by atoms with Gasteiger partial charge in [-0.1, -0.05) is 5.92 Å². The second-order valence-electron chi connectivity index (χ2n) is 6.66. The molecule has 142 valence electrons. The monoisotopic (exact) mass is 600 g/mol. The molecular weight excluding hydrogens is 578 g/mol. The molecule has 0 saturated heterocycles. The molecule has 1 amide bonds. The fourth-order valence-corrected chi connectivity index (χ4v) is 3.35. The predicted molar refractivity (Wildman–Crippen MR) is 106 cm³/mol. The van der Waals surface area contributed by atoms with Gasteiger partial charge in [-0.25, -0.2) is 15.0 Å². The molecule has 4 heterocycles. The van der Waals surface area contributed by atoms with E-state index < -0.39 is 0 Å². The zero-order valence-electron chi connectivity index (χ0n) is 15.6. The van der Waals surface area contributed by atoms with Crippen molar-refractivity contribution < 1.29 is 35.9 Å². The normalized spacial score (nSPS) is 13.4. The van der Waals surface area contributed by atoms with Crippen molar-refractivity contribution in [3.05, 3.63) is 44.6 Å². The van der Waals surface area contributed by atoms with Gasteiger partial charge in [-0.3, -0.25) is 9.69 Å². The first-order chi connectivity index (χ1) is 13.2. The molecule has 0 bridgehead atoms. The van der Waals surface area contributed by atoms with Crippen molar-refractivity contribution in [1.29, 1.82) is 0 Å². The van der Waals surface area contributed by atoms with Crippen molar-refractivity contribution >= 4 is 28.6 Å². The second kappa shape index (κ2) is 9.06. The Balaban J connectivity index is 0.00000225. The number of aromatic nitrogens is 4. The van der Waals surface area contributed by atoms with Gasteiger partial charge < -0.3 is 24.1 Å². The minimum absolute atomic E-state index is 0. The van der Waals surface area contributed by atoms with E-state index in [0.717, 1.165) is 35.9 Å². The SMILES string of the molecule is [CH2-]CC(C[CH2-])CCN1C(=O)CNc2ncc(-c3ccnc4[nH]ccc34)nc21.[U+2]. The number of fused-ring (bicyclic) bond motifs is 2. The Kier molecular flexibility index (Phi) is 6.74. The summed E-state index contributed by atoms with van der Waals surface area (Å²) < 4.78 is 0. The van der Waals surface area contributed by atoms with Crippen LogP contribution in [0.1, 0.15) is 19.3 Å². The molecule has 0 radical (unpaired) electrons. The van der Waals surface area contributed by atoms with E-state index in [1.165, 1.54) is 0 Å². The molecule has 0 atom stereocenters. The summed E-state index contributed by atoms with van der Waals surface area (Å²) in [6, 6.07) is 3.88. The van der Waals surface area contributed by atoms with E-state index >= 15 is 0 Å². The van der Waals surface area contributed by atoms with Crippen LogP contribution in [0, 0.1) is 50.9 Å². The Bertz CT molecular complexity index is 968. The molecule has 28 heavy (non-hydrogen) atoms. The Hall–Kier alpha value is -1.91. The standard InChI is InChI=1S/C20H22N6O.U/c1-3-13(4-2)7-10-26-17(27)12-24-19-20(26)25-16(11-23-19)14-5-8-21-18-15(14)6-9-22-18;/h5-6,8-9,11,13H,1-4,7,10,12H2,(H,21,22)(H,23,24);/q-2;+2. The topological polar surface area (TPSA) is 86.8 Å². The summed E-state index contributed by atoms with van der Waals surface area (Å²) in [4.78, 5) is 31.0. The van der Waals surface area contributed by atoms with Gasteiger partial charge in [0.2, 0.25) is 5.91 Å². The Labute approximate surface area is 188 Å². The van der Waals surface area contributed by atoms with Gasteiger partial charge in [0.15, 0.2) is 11.6 Å². The third-order valence-corrected chi connectivity index (χ3v) is 5.03. The number of pyridine rings is 1. The number of hydrogen-bond acceptors (Lipinski definition) is 5. The zero-order chi connectivity index (χ0) is 18.8. The Morgan fingerprint density at radius 3 is 2.82 bits per heavy atom. The summed E-state index contributed by atoms with van der Waals surface area (Å²) in [6.07, 6.45) is 7.79. The molecule has 3 aromatic heterocycles. The summed E-state index contributed by atoms with van der Waals surface area (Å²) in [7, 11) is 0. The fraction of sp³-hybridized carbons (Fsp3) is 0.300. The molecule has 3 aromatic rings. The van der Waals surface area contributed by atoms with Gasteiger partial charge in [0.05, 0.1) is 18.4 Å². The minimum atomic E-state index is 0. The Morgan fingerprint density at radius 2 is 2.04 bits per heavy atom. The first-order valence-corrected chi connectivity index (χ1v) is 9.13. The number of H-pyrrole nitrogens is 1. The van der Waals surface area contributed by atoms with E-state index in [9.17, 15) is 4.79 Å². The molecule has 1 aliphatic rings. The molecule has 0 aromatic carbocycles. The van der Waals surface area contributed by atoms with Crippen LogP contribution in [0.3, 0.4) is 0 Å². The Morgan fingerprint density at radius 1 is 1.21 bits per heavy atom. The summed E-state index contributed by atoms with van der Waals surface area (Å²) in [5.74, 6) is 1.61. The summed E-state index contributed by atoms with van der Waals surface area (Å²) in [5, 5.41) is 4.04. The first kappa shape index (κ1) is 20.8. The van der Waals surface area contributed by atoms with Crippen LogP contribution in [0.5, 0.6) is 0 Å². The van der Waals surface area contributed by atoms with E-state index in [-0.39, 0.29) is 43.6 Å². The number of anilines is 2. The van der Waals surface area contributed by atoms with Crippen LogP contribution in [-0.2, 0) is 4.79 Å². The number of amides is 1. The maximum absolute atomic E-state index is 12.5. The molecule has 8 heteroatoms. The first-order valence-electron chi connectivity index (χ1n) is 9.13. The van der Waals surface area contributed by atoms with Crippen LogP contribution in [0.15, 0.2) is 30.7 Å². The summed E-state index contributed by atoms with van der Waals surface area (Å²) >= 11 is 0. The van der Waals surface area contributed by atoms with Gasteiger partial charge in [0.1, 0.15) is 5.65 Å². The zero-order valence-corrected chi connectivity index (χ0v) is 19.8. The van der Waals surface area contributed by atoms with Crippen molar-refractivity contribution in [2.45, 2.75) is 19.3 Å². The molecule has 0 saturated carbocycles. The average Bonchev–Trinajstić information content (AvgIpc) is 3.18. The number of aromatic amines is 1. The van der Waals surface area contributed by atoms with Crippen molar-refractivity contribution in [3.8, 4) is 11.3 Å². The predicted octanol–water partition coefficient (Wildman–Crippen LogP) is 3.23. The number of rotatable bonds is 6. The van der Waals surface area contributed by atoms with Gasteiger partial charge in [-0.15, -0.1) is 0 Å². The van der Waals surface area contributed by atoms with Gasteiger partial charge in [0.25, 0.3) is 0 Å². The fourth-order valence-electron chi connectivity index (χ4n) is 3.35. The van der Waals surface area contributed by atoms with E-state index in [0.29, 0.717) is 29.8 Å². The van der Waals surface area contributed by atoms with Crippen LogP contribution >= 0.6 is 0 Å². The third kappa shape index (κ3) is 3.94. The molecule has 4 rings (SSSR count). The number of hydrogen-bond donors (Lipinski definition) is 2. The molecule has 0 spiro atoms. The number of nitrogens with zero attached hydrogens (tertiary/aromatic N) is 4. The molecule has 7 nitrogen and oxygen atoms in total. The van der Waals surface area contributed by atoms with Crippen molar-refractivity contribution in [1.82, 2.24) is 19.9 Å². The number of carbonyl (C=O) groups is 1. The summed E-state index contributed by atoms with van der Waals surface area (Å²) in [6.45, 7) is 8.77. The maximum atomic E-state index is 12.5. The van der Waals surface area contributed by atoms with Crippen LogP contribution in [-0.4, -0.2) is 38.9 Å². The largest absolute Gasteiger partial charge is 2.00 e. The molecule has 0 aliphatic carbocycles. The van der Waals surface area contributed by atoms with Gasteiger partial charge in [0, 0.05) is 29.9 Å². The number of nitrogens with one attached hydrogen (secondary N) is 2. The van der Waals surface area contributed by atoms with E-state index in [2.05, 4.69) is 34.1 Å². The van der Waals surface area contributed by atoms with Crippen LogP contribution in [0.25, 0.3) is 22.3 Å². The quantitative estimate of drug-likeness (QED) is 0.425. The van der Waals surface area contributed by atoms with Crippen LogP contribution < -0.4 is 10.2 Å². The minimum Gasteiger partial charge on any atom is -0.358 e. The smallest absolute Gasteiger partial charge is 0.358 e. The average molecular weight is 600 g/mol.